The molecule has 0 atom stereocenters. The molecule has 0 spiro atoms. The molecule has 0 radical (unpaired) electrons. The van der Waals surface area contributed by atoms with Gasteiger partial charge in [-0.05, 0) is 62.8 Å². The average Bonchev–Trinajstić information content (AvgIpc) is 2.44. The Labute approximate surface area is 139 Å². The third-order valence-corrected chi connectivity index (χ3v) is 5.89. The van der Waals surface area contributed by atoms with Crippen molar-refractivity contribution in [1.29, 1.82) is 0 Å². The summed E-state index contributed by atoms with van der Waals surface area (Å²) >= 11 is 5.11. The number of thioether (sulfide) groups is 1. The molecule has 0 aliphatic heterocycles. The SMILES string of the molecule is Cc1cc(SCC(=O)NC2CCC(O)CC2)c(C)cc1Br. The second-order valence-electron chi connectivity index (χ2n) is 5.73. The molecular weight excluding hydrogens is 350 g/mol. The lowest BCUT2D eigenvalue weighted by Gasteiger charge is -2.26. The van der Waals surface area contributed by atoms with E-state index in [4.69, 9.17) is 0 Å². The summed E-state index contributed by atoms with van der Waals surface area (Å²) < 4.78 is 1.11. The summed E-state index contributed by atoms with van der Waals surface area (Å²) in [7, 11) is 0. The van der Waals surface area contributed by atoms with Gasteiger partial charge in [-0.15, -0.1) is 11.8 Å². The predicted molar refractivity (Wildman–Crippen MR) is 90.7 cm³/mol. The Morgan fingerprint density at radius 2 is 1.95 bits per heavy atom. The van der Waals surface area contributed by atoms with Crippen molar-refractivity contribution in [3.05, 3.63) is 27.7 Å². The third kappa shape index (κ3) is 5.01. The Morgan fingerprint density at radius 1 is 1.29 bits per heavy atom. The number of carbonyl (C=O) groups excluding carboxylic acids is 1. The van der Waals surface area contributed by atoms with Crippen molar-refractivity contribution in [3.63, 3.8) is 0 Å². The number of hydrogen-bond donors (Lipinski definition) is 2. The Balaban J connectivity index is 1.83. The number of nitrogens with one attached hydrogen (secondary N) is 1. The molecule has 1 aromatic rings. The lowest BCUT2D eigenvalue weighted by Crippen LogP contribution is -2.39. The number of aliphatic hydroxyl groups is 1. The summed E-state index contributed by atoms with van der Waals surface area (Å²) in [6.45, 7) is 4.12. The van der Waals surface area contributed by atoms with Crippen LogP contribution in [0.5, 0.6) is 0 Å². The zero-order valence-electron chi connectivity index (χ0n) is 12.5. The van der Waals surface area contributed by atoms with E-state index < -0.39 is 0 Å². The van der Waals surface area contributed by atoms with Crippen LogP contribution in [-0.4, -0.2) is 28.9 Å². The van der Waals surface area contributed by atoms with Crippen LogP contribution in [0.15, 0.2) is 21.5 Å². The molecule has 0 bridgehead atoms. The first-order chi connectivity index (χ1) is 9.95. The molecule has 2 rings (SSSR count). The number of carbonyl (C=O) groups is 1. The summed E-state index contributed by atoms with van der Waals surface area (Å²) in [6.07, 6.45) is 3.18. The largest absolute Gasteiger partial charge is 0.393 e. The van der Waals surface area contributed by atoms with Gasteiger partial charge in [-0.1, -0.05) is 15.9 Å². The van der Waals surface area contributed by atoms with Crippen LogP contribution in [0.3, 0.4) is 0 Å². The van der Waals surface area contributed by atoms with E-state index in [9.17, 15) is 9.90 Å². The van der Waals surface area contributed by atoms with Crippen LogP contribution in [0, 0.1) is 13.8 Å². The first-order valence-corrected chi connectivity index (χ1v) is 9.10. The Bertz CT molecular complexity index is 513. The molecule has 5 heteroatoms. The highest BCUT2D eigenvalue weighted by atomic mass is 79.9. The van der Waals surface area contributed by atoms with Crippen LogP contribution in [-0.2, 0) is 4.79 Å². The van der Waals surface area contributed by atoms with Gasteiger partial charge in [0.15, 0.2) is 0 Å². The number of hydrogen-bond acceptors (Lipinski definition) is 3. The first-order valence-electron chi connectivity index (χ1n) is 7.32. The van der Waals surface area contributed by atoms with E-state index in [1.807, 2.05) is 0 Å². The van der Waals surface area contributed by atoms with Crippen molar-refractivity contribution in [2.75, 3.05) is 5.75 Å². The highest BCUT2D eigenvalue weighted by Crippen LogP contribution is 2.28. The first kappa shape index (κ1) is 16.8. The molecule has 21 heavy (non-hydrogen) atoms. The Morgan fingerprint density at radius 3 is 2.62 bits per heavy atom. The molecule has 2 N–H and O–H groups in total. The van der Waals surface area contributed by atoms with Gasteiger partial charge < -0.3 is 10.4 Å². The molecule has 0 aromatic heterocycles. The summed E-state index contributed by atoms with van der Waals surface area (Å²) in [5.41, 5.74) is 2.37. The van der Waals surface area contributed by atoms with Gasteiger partial charge >= 0.3 is 0 Å². The molecule has 1 aliphatic rings. The van der Waals surface area contributed by atoms with Gasteiger partial charge in [-0.25, -0.2) is 0 Å². The summed E-state index contributed by atoms with van der Waals surface area (Å²) in [5.74, 6) is 0.530. The number of aryl methyl sites for hydroxylation is 2. The molecule has 1 aromatic carbocycles. The number of rotatable bonds is 4. The summed E-state index contributed by atoms with van der Waals surface area (Å²) in [4.78, 5) is 13.2. The van der Waals surface area contributed by atoms with Gasteiger partial charge in [0.1, 0.15) is 0 Å². The van der Waals surface area contributed by atoms with Gasteiger partial charge in [0, 0.05) is 15.4 Å². The fourth-order valence-corrected chi connectivity index (χ4v) is 3.92. The van der Waals surface area contributed by atoms with Crippen molar-refractivity contribution in [3.8, 4) is 0 Å². The standard InChI is InChI=1S/C16H22BrNO2S/c1-10-8-15(11(2)7-14(10)17)21-9-16(20)18-12-3-5-13(19)6-4-12/h7-8,12-13,19H,3-6,9H2,1-2H3,(H,18,20). The maximum absolute atomic E-state index is 12.0. The lowest BCUT2D eigenvalue weighted by atomic mass is 9.93. The van der Waals surface area contributed by atoms with Crippen molar-refractivity contribution in [2.45, 2.75) is 56.6 Å². The second-order valence-corrected chi connectivity index (χ2v) is 7.60. The number of aliphatic hydroxyl groups excluding tert-OH is 1. The summed E-state index contributed by atoms with van der Waals surface area (Å²) in [6, 6.07) is 4.45. The number of halogens is 1. The minimum atomic E-state index is -0.180. The third-order valence-electron chi connectivity index (χ3n) is 3.88. The number of amides is 1. The second kappa shape index (κ2) is 7.65. The lowest BCUT2D eigenvalue weighted by molar-refractivity contribution is -0.119. The van der Waals surface area contributed by atoms with E-state index in [1.54, 1.807) is 11.8 Å². The number of benzene rings is 1. The van der Waals surface area contributed by atoms with Gasteiger partial charge in [-0.3, -0.25) is 4.79 Å². The van der Waals surface area contributed by atoms with Crippen molar-refractivity contribution in [1.82, 2.24) is 5.32 Å². The fourth-order valence-electron chi connectivity index (χ4n) is 2.54. The highest BCUT2D eigenvalue weighted by Gasteiger charge is 2.20. The predicted octanol–water partition coefficient (Wildman–Crippen LogP) is 3.58. The zero-order valence-corrected chi connectivity index (χ0v) is 14.9. The molecule has 1 saturated carbocycles. The topological polar surface area (TPSA) is 49.3 Å². The average molecular weight is 372 g/mol. The van der Waals surface area contributed by atoms with Gasteiger partial charge in [0.2, 0.25) is 5.91 Å². The van der Waals surface area contributed by atoms with Crippen LogP contribution < -0.4 is 5.32 Å². The smallest absolute Gasteiger partial charge is 0.230 e. The van der Waals surface area contributed by atoms with E-state index in [0.717, 1.165) is 35.1 Å². The van der Waals surface area contributed by atoms with Crippen LogP contribution in [0.2, 0.25) is 0 Å². The Kier molecular flexibility index (Phi) is 6.14. The molecule has 1 aliphatic carbocycles. The van der Waals surface area contributed by atoms with E-state index >= 15 is 0 Å². The molecule has 1 fully saturated rings. The van der Waals surface area contributed by atoms with E-state index in [1.165, 1.54) is 11.1 Å². The molecule has 3 nitrogen and oxygen atoms in total. The highest BCUT2D eigenvalue weighted by molar-refractivity contribution is 9.10. The van der Waals surface area contributed by atoms with Crippen molar-refractivity contribution in [2.24, 2.45) is 0 Å². The summed E-state index contributed by atoms with van der Waals surface area (Å²) in [5, 5.41) is 12.5. The normalized spacial score (nSPS) is 22.1. The minimum Gasteiger partial charge on any atom is -0.393 e. The van der Waals surface area contributed by atoms with E-state index in [2.05, 4.69) is 47.2 Å². The maximum Gasteiger partial charge on any atom is 0.230 e. The van der Waals surface area contributed by atoms with Gasteiger partial charge in [0.05, 0.1) is 11.9 Å². The maximum atomic E-state index is 12.0. The van der Waals surface area contributed by atoms with Crippen molar-refractivity contribution >= 4 is 33.6 Å². The van der Waals surface area contributed by atoms with E-state index in [-0.39, 0.29) is 18.1 Å². The van der Waals surface area contributed by atoms with Crippen molar-refractivity contribution < 1.29 is 9.90 Å². The molecule has 116 valence electrons. The minimum absolute atomic E-state index is 0.0846. The monoisotopic (exact) mass is 371 g/mol. The molecule has 0 saturated heterocycles. The molecule has 1 amide bonds. The fraction of sp³-hybridized carbons (Fsp3) is 0.562. The molecule has 0 unspecified atom stereocenters. The van der Waals surface area contributed by atoms with Gasteiger partial charge in [0.25, 0.3) is 0 Å². The Hall–Kier alpha value is -0.520. The van der Waals surface area contributed by atoms with Crippen LogP contribution >= 0.6 is 27.7 Å². The van der Waals surface area contributed by atoms with Crippen LogP contribution in [0.1, 0.15) is 36.8 Å². The quantitative estimate of drug-likeness (QED) is 0.795. The van der Waals surface area contributed by atoms with Crippen LogP contribution in [0.4, 0.5) is 0 Å². The van der Waals surface area contributed by atoms with Crippen LogP contribution in [0.25, 0.3) is 0 Å². The van der Waals surface area contributed by atoms with Gasteiger partial charge in [-0.2, -0.15) is 0 Å². The molecule has 0 heterocycles. The molecular formula is C16H22BrNO2S. The van der Waals surface area contributed by atoms with E-state index in [0.29, 0.717) is 5.75 Å². The zero-order chi connectivity index (χ0) is 15.4.